The molecule has 0 bridgehead atoms. The molecule has 1 aromatic heterocycles. The minimum Gasteiger partial charge on any atom is -0.497 e. The van der Waals surface area contributed by atoms with Crippen LogP contribution in [0.2, 0.25) is 0 Å². The Bertz CT molecular complexity index is 618. The van der Waals surface area contributed by atoms with Gasteiger partial charge in [-0.2, -0.15) is 0 Å². The summed E-state index contributed by atoms with van der Waals surface area (Å²) in [5.74, 6) is 0.702. The monoisotopic (exact) mass is 291 g/mol. The van der Waals surface area contributed by atoms with E-state index in [0.29, 0.717) is 11.3 Å². The van der Waals surface area contributed by atoms with E-state index in [9.17, 15) is 9.90 Å². The highest BCUT2D eigenvalue weighted by atomic mass is 16.5. The maximum Gasteiger partial charge on any atom is 0.224 e. The molecule has 1 heterocycles. The highest BCUT2D eigenvalue weighted by molar-refractivity contribution is 5.88. The van der Waals surface area contributed by atoms with Crippen molar-refractivity contribution in [2.24, 2.45) is 5.92 Å². The predicted octanol–water partition coefficient (Wildman–Crippen LogP) is 2.12. The number of carbonyl (C=O) groups is 1. The maximum absolute atomic E-state index is 11.9. The topological polar surface area (TPSA) is 71.7 Å². The largest absolute Gasteiger partial charge is 0.497 e. The van der Waals surface area contributed by atoms with E-state index in [2.05, 4.69) is 5.32 Å². The number of fused-ring (bicyclic) bond motifs is 1. The lowest BCUT2D eigenvalue weighted by atomic mass is 10.1. The molecule has 0 saturated carbocycles. The van der Waals surface area contributed by atoms with Crippen molar-refractivity contribution < 1.29 is 19.1 Å². The van der Waals surface area contributed by atoms with E-state index in [-0.39, 0.29) is 24.8 Å². The second-order valence-electron chi connectivity index (χ2n) is 5.42. The summed E-state index contributed by atoms with van der Waals surface area (Å²) in [5.41, 5.74) is 1.52. The second-order valence-corrected chi connectivity index (χ2v) is 5.42. The van der Waals surface area contributed by atoms with Crippen molar-refractivity contribution in [3.8, 4) is 5.75 Å². The Morgan fingerprint density at radius 3 is 2.86 bits per heavy atom. The fourth-order valence-electron chi connectivity index (χ4n) is 2.02. The molecule has 0 fully saturated rings. The van der Waals surface area contributed by atoms with Crippen LogP contribution in [0.4, 0.5) is 0 Å². The van der Waals surface area contributed by atoms with Gasteiger partial charge >= 0.3 is 0 Å². The first-order valence-electron chi connectivity index (χ1n) is 7.00. The third kappa shape index (κ3) is 3.76. The van der Waals surface area contributed by atoms with Crippen molar-refractivity contribution in [3.63, 3.8) is 0 Å². The normalized spacial score (nSPS) is 12.6. The summed E-state index contributed by atoms with van der Waals surface area (Å²) in [4.78, 5) is 11.9. The lowest BCUT2D eigenvalue weighted by Gasteiger charge is -2.14. The number of amides is 1. The van der Waals surface area contributed by atoms with Crippen molar-refractivity contribution in [3.05, 3.63) is 30.0 Å². The molecule has 2 aromatic rings. The Labute approximate surface area is 123 Å². The average Bonchev–Trinajstić information content (AvgIpc) is 2.86. The van der Waals surface area contributed by atoms with Crippen LogP contribution >= 0.6 is 0 Å². The van der Waals surface area contributed by atoms with Gasteiger partial charge in [0.05, 0.1) is 25.9 Å². The van der Waals surface area contributed by atoms with Gasteiger partial charge in [0.25, 0.3) is 0 Å². The molecule has 0 saturated heterocycles. The number of furan rings is 1. The summed E-state index contributed by atoms with van der Waals surface area (Å²) < 4.78 is 10.6. The molecule has 1 atom stereocenters. The molecule has 5 nitrogen and oxygen atoms in total. The van der Waals surface area contributed by atoms with Crippen LogP contribution in [0.25, 0.3) is 11.0 Å². The Morgan fingerprint density at radius 1 is 1.43 bits per heavy atom. The number of carbonyl (C=O) groups excluding carboxylic acids is 1. The van der Waals surface area contributed by atoms with Gasteiger partial charge in [0.15, 0.2) is 0 Å². The standard InChI is InChI=1S/C16H21NO4/c1-10(2)14(18)8-17-16(19)6-11-9-21-15-7-12(20-3)4-5-13(11)15/h4-5,7,9-10,14,18H,6,8H2,1-3H3,(H,17,19). The number of hydrogen-bond donors (Lipinski definition) is 2. The van der Waals surface area contributed by atoms with Crippen LogP contribution in [0.5, 0.6) is 5.75 Å². The zero-order valence-electron chi connectivity index (χ0n) is 12.6. The van der Waals surface area contributed by atoms with Gasteiger partial charge in [-0.15, -0.1) is 0 Å². The number of rotatable bonds is 6. The quantitative estimate of drug-likeness (QED) is 0.855. The number of methoxy groups -OCH3 is 1. The number of ether oxygens (including phenoxy) is 1. The molecule has 114 valence electrons. The Balaban J connectivity index is 2.01. The highest BCUT2D eigenvalue weighted by Crippen LogP contribution is 2.25. The molecule has 0 aliphatic carbocycles. The fourth-order valence-corrected chi connectivity index (χ4v) is 2.02. The summed E-state index contributed by atoms with van der Waals surface area (Å²) in [7, 11) is 1.60. The van der Waals surface area contributed by atoms with Crippen molar-refractivity contribution in [1.82, 2.24) is 5.32 Å². The van der Waals surface area contributed by atoms with E-state index in [1.54, 1.807) is 19.4 Å². The van der Waals surface area contributed by atoms with Gasteiger partial charge in [-0.25, -0.2) is 0 Å². The number of aliphatic hydroxyl groups is 1. The zero-order chi connectivity index (χ0) is 15.4. The van der Waals surface area contributed by atoms with Crippen molar-refractivity contribution in [2.75, 3.05) is 13.7 Å². The number of nitrogens with one attached hydrogen (secondary N) is 1. The average molecular weight is 291 g/mol. The minimum absolute atomic E-state index is 0.118. The van der Waals surface area contributed by atoms with Gasteiger partial charge < -0.3 is 19.6 Å². The van der Waals surface area contributed by atoms with Gasteiger partial charge in [-0.1, -0.05) is 13.8 Å². The Hall–Kier alpha value is -2.01. The molecule has 0 aliphatic rings. The molecule has 5 heteroatoms. The first kappa shape index (κ1) is 15.4. The molecule has 0 radical (unpaired) electrons. The summed E-state index contributed by atoms with van der Waals surface area (Å²) in [6.07, 6.45) is 1.28. The third-order valence-corrected chi connectivity index (χ3v) is 3.49. The molecule has 1 amide bonds. The van der Waals surface area contributed by atoms with Crippen LogP contribution in [0.3, 0.4) is 0 Å². The molecular formula is C16H21NO4. The number of benzene rings is 1. The first-order valence-corrected chi connectivity index (χ1v) is 7.00. The highest BCUT2D eigenvalue weighted by Gasteiger charge is 2.13. The van der Waals surface area contributed by atoms with Crippen molar-refractivity contribution in [1.29, 1.82) is 0 Å². The fraction of sp³-hybridized carbons (Fsp3) is 0.438. The maximum atomic E-state index is 11.9. The van der Waals surface area contributed by atoms with Gasteiger partial charge in [-0.05, 0) is 18.1 Å². The van der Waals surface area contributed by atoms with Gasteiger partial charge in [0.1, 0.15) is 11.3 Å². The lowest BCUT2D eigenvalue weighted by Crippen LogP contribution is -2.35. The molecule has 1 unspecified atom stereocenters. The van der Waals surface area contributed by atoms with Gasteiger partial charge in [0, 0.05) is 23.6 Å². The first-order chi connectivity index (χ1) is 10.0. The summed E-state index contributed by atoms with van der Waals surface area (Å²) in [6.45, 7) is 4.09. The van der Waals surface area contributed by atoms with E-state index in [0.717, 1.165) is 10.9 Å². The summed E-state index contributed by atoms with van der Waals surface area (Å²) in [5, 5.41) is 13.3. The summed E-state index contributed by atoms with van der Waals surface area (Å²) >= 11 is 0. The third-order valence-electron chi connectivity index (χ3n) is 3.49. The smallest absolute Gasteiger partial charge is 0.224 e. The number of hydrogen-bond acceptors (Lipinski definition) is 4. The molecular weight excluding hydrogens is 270 g/mol. The minimum atomic E-state index is -0.528. The van der Waals surface area contributed by atoms with E-state index in [4.69, 9.17) is 9.15 Å². The second kappa shape index (κ2) is 6.63. The van der Waals surface area contributed by atoms with Crippen LogP contribution in [0.15, 0.2) is 28.9 Å². The van der Waals surface area contributed by atoms with E-state index in [1.165, 1.54) is 0 Å². The zero-order valence-corrected chi connectivity index (χ0v) is 12.6. The van der Waals surface area contributed by atoms with Crippen molar-refractivity contribution in [2.45, 2.75) is 26.4 Å². The Morgan fingerprint density at radius 2 is 2.19 bits per heavy atom. The van der Waals surface area contributed by atoms with Gasteiger partial charge in [0.2, 0.25) is 5.91 Å². The van der Waals surface area contributed by atoms with E-state index < -0.39 is 6.10 Å². The molecule has 0 aliphatic heterocycles. The SMILES string of the molecule is COc1ccc2c(CC(=O)NCC(O)C(C)C)coc2c1. The lowest BCUT2D eigenvalue weighted by molar-refractivity contribution is -0.121. The van der Waals surface area contributed by atoms with Crippen molar-refractivity contribution >= 4 is 16.9 Å². The predicted molar refractivity (Wildman–Crippen MR) is 80.3 cm³/mol. The van der Waals surface area contributed by atoms with E-state index >= 15 is 0 Å². The number of aliphatic hydroxyl groups excluding tert-OH is 1. The molecule has 1 aromatic carbocycles. The summed E-state index contributed by atoms with van der Waals surface area (Å²) in [6, 6.07) is 5.50. The molecule has 21 heavy (non-hydrogen) atoms. The Kier molecular flexibility index (Phi) is 4.85. The van der Waals surface area contributed by atoms with Crippen LogP contribution in [0.1, 0.15) is 19.4 Å². The molecule has 0 spiro atoms. The van der Waals surface area contributed by atoms with E-state index in [1.807, 2.05) is 26.0 Å². The molecule has 2 rings (SSSR count). The van der Waals surface area contributed by atoms with Crippen LogP contribution in [0, 0.1) is 5.92 Å². The van der Waals surface area contributed by atoms with Crippen LogP contribution in [-0.4, -0.2) is 30.8 Å². The van der Waals surface area contributed by atoms with Crippen LogP contribution < -0.4 is 10.1 Å². The molecule has 2 N–H and O–H groups in total. The van der Waals surface area contributed by atoms with Gasteiger partial charge in [-0.3, -0.25) is 4.79 Å². The van der Waals surface area contributed by atoms with Crippen LogP contribution in [-0.2, 0) is 11.2 Å².